The quantitative estimate of drug-likeness (QED) is 0.483. The number of nitrogens with zero attached hydrogens (tertiary/aromatic N) is 2. The predicted octanol–water partition coefficient (Wildman–Crippen LogP) is 5.45. The molecule has 0 saturated heterocycles. The molecule has 3 nitrogen and oxygen atoms in total. The molecule has 4 heteroatoms. The summed E-state index contributed by atoms with van der Waals surface area (Å²) < 4.78 is 14.6. The van der Waals surface area contributed by atoms with Crippen LogP contribution in [0, 0.1) is 0 Å². The number of hydrogen-bond acceptors (Lipinski definition) is 4. The minimum atomic E-state index is 0.464. The van der Waals surface area contributed by atoms with Gasteiger partial charge in [-0.05, 0) is 22.8 Å². The number of ether oxygens (including phenoxy) is 1. The molecule has 0 radical (unpaired) electrons. The molecule has 1 aromatic heterocycles. The van der Waals surface area contributed by atoms with Crippen molar-refractivity contribution < 1.29 is 4.74 Å². The van der Waals surface area contributed by atoms with Gasteiger partial charge in [-0.2, -0.15) is 4.37 Å². The van der Waals surface area contributed by atoms with Gasteiger partial charge in [-0.25, -0.2) is 0 Å². The van der Waals surface area contributed by atoms with Crippen LogP contribution < -0.4 is 4.74 Å². The van der Waals surface area contributed by atoms with Gasteiger partial charge in [-0.3, -0.25) is 0 Å². The normalized spacial score (nSPS) is 10.6. The molecular formula is C21H16N2OS. The zero-order valence-electron chi connectivity index (χ0n) is 13.5. The van der Waals surface area contributed by atoms with Crippen molar-refractivity contribution in [1.29, 1.82) is 0 Å². The van der Waals surface area contributed by atoms with Crippen LogP contribution in [0.5, 0.6) is 5.88 Å². The van der Waals surface area contributed by atoms with Crippen molar-refractivity contribution in [2.45, 2.75) is 6.61 Å². The summed E-state index contributed by atoms with van der Waals surface area (Å²) in [6.07, 6.45) is 0. The molecule has 0 unspecified atom stereocenters. The van der Waals surface area contributed by atoms with Crippen LogP contribution >= 0.6 is 11.7 Å². The van der Waals surface area contributed by atoms with E-state index in [0.29, 0.717) is 12.5 Å². The minimum absolute atomic E-state index is 0.464. The van der Waals surface area contributed by atoms with E-state index in [9.17, 15) is 0 Å². The summed E-state index contributed by atoms with van der Waals surface area (Å²) in [6, 6.07) is 28.7. The second-order valence-electron chi connectivity index (χ2n) is 5.64. The standard InChI is InChI=1S/C21H16N2OS/c1-3-9-17(10-4-1)19-13-7-8-16(14-19)15-24-21-20(22-25-23-21)18-11-5-2-6-12-18/h1-14H,15H2. The summed E-state index contributed by atoms with van der Waals surface area (Å²) in [4.78, 5) is 0. The third-order valence-electron chi connectivity index (χ3n) is 3.92. The highest BCUT2D eigenvalue weighted by atomic mass is 32.1. The lowest BCUT2D eigenvalue weighted by Crippen LogP contribution is -1.97. The zero-order chi connectivity index (χ0) is 16.9. The van der Waals surface area contributed by atoms with E-state index in [0.717, 1.165) is 16.8 Å². The molecule has 0 bridgehead atoms. The third kappa shape index (κ3) is 3.59. The molecular weight excluding hydrogens is 328 g/mol. The van der Waals surface area contributed by atoms with Crippen LogP contribution in [-0.4, -0.2) is 8.75 Å². The molecule has 0 saturated carbocycles. The van der Waals surface area contributed by atoms with Crippen molar-refractivity contribution in [1.82, 2.24) is 8.75 Å². The smallest absolute Gasteiger partial charge is 0.254 e. The molecule has 0 atom stereocenters. The summed E-state index contributed by atoms with van der Waals surface area (Å²) in [7, 11) is 0. The van der Waals surface area contributed by atoms with E-state index in [-0.39, 0.29) is 0 Å². The maximum Gasteiger partial charge on any atom is 0.254 e. The van der Waals surface area contributed by atoms with E-state index in [1.807, 2.05) is 48.5 Å². The van der Waals surface area contributed by atoms with Crippen LogP contribution in [0.25, 0.3) is 22.4 Å². The minimum Gasteiger partial charge on any atom is -0.471 e. The van der Waals surface area contributed by atoms with E-state index >= 15 is 0 Å². The van der Waals surface area contributed by atoms with E-state index in [2.05, 4.69) is 45.1 Å². The van der Waals surface area contributed by atoms with Gasteiger partial charge in [-0.1, -0.05) is 78.9 Å². The van der Waals surface area contributed by atoms with Crippen molar-refractivity contribution in [2.75, 3.05) is 0 Å². The monoisotopic (exact) mass is 344 g/mol. The molecule has 3 aromatic carbocycles. The molecule has 4 aromatic rings. The summed E-state index contributed by atoms with van der Waals surface area (Å²) in [5.74, 6) is 0.585. The van der Waals surface area contributed by atoms with Crippen LogP contribution in [0.1, 0.15) is 5.56 Å². The highest BCUT2D eigenvalue weighted by Crippen LogP contribution is 2.28. The fourth-order valence-electron chi connectivity index (χ4n) is 2.67. The maximum absolute atomic E-state index is 5.95. The Morgan fingerprint density at radius 3 is 2.12 bits per heavy atom. The Balaban J connectivity index is 1.53. The first-order chi connectivity index (χ1) is 12.4. The summed E-state index contributed by atoms with van der Waals surface area (Å²) in [6.45, 7) is 0.464. The van der Waals surface area contributed by atoms with E-state index in [1.54, 1.807) is 0 Å². The van der Waals surface area contributed by atoms with Crippen molar-refractivity contribution in [3.05, 3.63) is 90.5 Å². The largest absolute Gasteiger partial charge is 0.471 e. The number of rotatable bonds is 5. The Bertz CT molecular complexity index is 952. The lowest BCUT2D eigenvalue weighted by atomic mass is 10.0. The summed E-state index contributed by atoms with van der Waals surface area (Å²) >= 11 is 1.17. The van der Waals surface area contributed by atoms with Crippen LogP contribution in [0.15, 0.2) is 84.9 Å². The van der Waals surface area contributed by atoms with Crippen molar-refractivity contribution in [2.24, 2.45) is 0 Å². The fourth-order valence-corrected chi connectivity index (χ4v) is 3.19. The molecule has 1 heterocycles. The molecule has 0 aliphatic rings. The highest BCUT2D eigenvalue weighted by molar-refractivity contribution is 6.99. The molecule has 25 heavy (non-hydrogen) atoms. The van der Waals surface area contributed by atoms with E-state index < -0.39 is 0 Å². The van der Waals surface area contributed by atoms with Gasteiger partial charge < -0.3 is 4.74 Å². The number of benzene rings is 3. The average Bonchev–Trinajstić information content (AvgIpc) is 3.17. The Hall–Kier alpha value is -2.98. The van der Waals surface area contributed by atoms with Crippen molar-refractivity contribution >= 4 is 11.7 Å². The molecule has 0 aliphatic heterocycles. The molecule has 0 N–H and O–H groups in total. The predicted molar refractivity (Wildman–Crippen MR) is 102 cm³/mol. The van der Waals surface area contributed by atoms with Crippen molar-refractivity contribution in [3.63, 3.8) is 0 Å². The molecule has 0 spiro atoms. The van der Waals surface area contributed by atoms with Crippen molar-refractivity contribution in [3.8, 4) is 28.3 Å². The molecule has 122 valence electrons. The van der Waals surface area contributed by atoms with Gasteiger partial charge in [0.05, 0.1) is 11.7 Å². The van der Waals surface area contributed by atoms with Crippen LogP contribution in [0.4, 0.5) is 0 Å². The third-order valence-corrected chi connectivity index (χ3v) is 4.43. The molecule has 0 aliphatic carbocycles. The van der Waals surface area contributed by atoms with Crippen LogP contribution in [-0.2, 0) is 6.61 Å². The van der Waals surface area contributed by atoms with Gasteiger partial charge >= 0.3 is 0 Å². The van der Waals surface area contributed by atoms with Crippen LogP contribution in [0.2, 0.25) is 0 Å². The first kappa shape index (κ1) is 15.5. The molecule has 0 amide bonds. The first-order valence-electron chi connectivity index (χ1n) is 8.05. The SMILES string of the molecule is c1ccc(-c2cccc(COc3nsnc3-c3ccccc3)c2)cc1. The highest BCUT2D eigenvalue weighted by Gasteiger charge is 2.11. The Kier molecular flexibility index (Phi) is 4.53. The topological polar surface area (TPSA) is 35.0 Å². The van der Waals surface area contributed by atoms with Gasteiger partial charge in [0.1, 0.15) is 12.3 Å². The van der Waals surface area contributed by atoms with E-state index in [4.69, 9.17) is 4.74 Å². The second kappa shape index (κ2) is 7.28. The number of aromatic nitrogens is 2. The zero-order valence-corrected chi connectivity index (χ0v) is 14.3. The lowest BCUT2D eigenvalue weighted by Gasteiger charge is -2.07. The molecule has 4 rings (SSSR count). The van der Waals surface area contributed by atoms with E-state index in [1.165, 1.54) is 22.9 Å². The lowest BCUT2D eigenvalue weighted by molar-refractivity contribution is 0.298. The first-order valence-corrected chi connectivity index (χ1v) is 8.78. The van der Waals surface area contributed by atoms with Gasteiger partial charge in [0.15, 0.2) is 0 Å². The number of hydrogen-bond donors (Lipinski definition) is 0. The fraction of sp³-hybridized carbons (Fsp3) is 0.0476. The second-order valence-corrected chi connectivity index (χ2v) is 6.17. The Morgan fingerprint density at radius 1 is 0.680 bits per heavy atom. The Morgan fingerprint density at radius 2 is 1.36 bits per heavy atom. The Labute approximate surface area is 150 Å². The van der Waals surface area contributed by atoms with Gasteiger partial charge in [0, 0.05) is 5.56 Å². The van der Waals surface area contributed by atoms with Gasteiger partial charge in [0.25, 0.3) is 5.88 Å². The van der Waals surface area contributed by atoms with Crippen LogP contribution in [0.3, 0.4) is 0 Å². The average molecular weight is 344 g/mol. The van der Waals surface area contributed by atoms with Gasteiger partial charge in [-0.15, -0.1) is 4.37 Å². The molecule has 0 fully saturated rings. The maximum atomic E-state index is 5.95. The summed E-state index contributed by atoms with van der Waals surface area (Å²) in [5, 5.41) is 0. The summed E-state index contributed by atoms with van der Waals surface area (Å²) in [5.41, 5.74) is 5.30. The van der Waals surface area contributed by atoms with Gasteiger partial charge in [0.2, 0.25) is 0 Å².